The number of rotatable bonds is 4. The molecule has 0 unspecified atom stereocenters. The Balaban J connectivity index is 1.47. The number of hydrogen-bond acceptors (Lipinski definition) is 3. The van der Waals surface area contributed by atoms with Gasteiger partial charge < -0.3 is 14.4 Å². The fraction of sp³-hybridized carbons (Fsp3) is 0.409. The lowest BCUT2D eigenvalue weighted by atomic mass is 9.88. The molecule has 0 saturated carbocycles. The molecule has 4 rings (SSSR count). The number of amides is 1. The molecule has 4 heteroatoms. The minimum atomic E-state index is -0.435. The summed E-state index contributed by atoms with van der Waals surface area (Å²) < 4.78 is 11.5. The fourth-order valence-corrected chi connectivity index (χ4v) is 3.99. The first-order valence-corrected chi connectivity index (χ1v) is 9.41. The van der Waals surface area contributed by atoms with Crippen LogP contribution in [0.4, 0.5) is 0 Å². The van der Waals surface area contributed by atoms with Gasteiger partial charge >= 0.3 is 0 Å². The summed E-state index contributed by atoms with van der Waals surface area (Å²) in [6.45, 7) is 2.74. The molecule has 2 aromatic carbocycles. The molecule has 26 heavy (non-hydrogen) atoms. The monoisotopic (exact) mass is 351 g/mol. The van der Waals surface area contributed by atoms with Crippen molar-refractivity contribution in [2.45, 2.75) is 31.0 Å². The Morgan fingerprint density at radius 3 is 1.88 bits per heavy atom. The van der Waals surface area contributed by atoms with Crippen molar-refractivity contribution in [2.24, 2.45) is 0 Å². The third kappa shape index (κ3) is 3.67. The van der Waals surface area contributed by atoms with Crippen LogP contribution in [-0.2, 0) is 14.3 Å². The van der Waals surface area contributed by atoms with Gasteiger partial charge in [-0.1, -0.05) is 60.7 Å². The van der Waals surface area contributed by atoms with E-state index >= 15 is 0 Å². The van der Waals surface area contributed by atoms with Crippen molar-refractivity contribution in [2.75, 3.05) is 26.3 Å². The highest BCUT2D eigenvalue weighted by atomic mass is 16.7. The summed E-state index contributed by atoms with van der Waals surface area (Å²) in [6, 6.07) is 20.6. The van der Waals surface area contributed by atoms with E-state index in [1.54, 1.807) is 0 Å². The Bertz CT molecular complexity index is 676. The van der Waals surface area contributed by atoms with Gasteiger partial charge in [-0.25, -0.2) is 0 Å². The lowest BCUT2D eigenvalue weighted by molar-refractivity contribution is -0.187. The molecule has 2 saturated heterocycles. The smallest absolute Gasteiger partial charge is 0.223 e. The van der Waals surface area contributed by atoms with Gasteiger partial charge in [-0.05, 0) is 11.1 Å². The zero-order valence-electron chi connectivity index (χ0n) is 15.0. The average Bonchev–Trinajstić information content (AvgIpc) is 3.16. The van der Waals surface area contributed by atoms with Gasteiger partial charge in [0.15, 0.2) is 5.79 Å². The van der Waals surface area contributed by atoms with Crippen LogP contribution in [0.1, 0.15) is 36.3 Å². The molecule has 136 valence electrons. The maximum absolute atomic E-state index is 13.0. The highest BCUT2D eigenvalue weighted by Crippen LogP contribution is 2.33. The van der Waals surface area contributed by atoms with Gasteiger partial charge in [-0.3, -0.25) is 4.79 Å². The van der Waals surface area contributed by atoms with E-state index in [-0.39, 0.29) is 11.8 Å². The third-order valence-corrected chi connectivity index (χ3v) is 5.47. The number of hydrogen-bond donors (Lipinski definition) is 0. The summed E-state index contributed by atoms with van der Waals surface area (Å²) in [5.41, 5.74) is 2.37. The van der Waals surface area contributed by atoms with Crippen LogP contribution in [0.25, 0.3) is 0 Å². The highest BCUT2D eigenvalue weighted by Gasteiger charge is 2.40. The fourth-order valence-electron chi connectivity index (χ4n) is 3.99. The molecule has 2 heterocycles. The zero-order chi connectivity index (χ0) is 17.8. The maximum atomic E-state index is 13.0. The second-order valence-electron chi connectivity index (χ2n) is 7.07. The summed E-state index contributed by atoms with van der Waals surface area (Å²) in [7, 11) is 0. The molecule has 0 atom stereocenters. The van der Waals surface area contributed by atoms with Crippen molar-refractivity contribution in [1.82, 2.24) is 4.90 Å². The summed E-state index contributed by atoms with van der Waals surface area (Å²) >= 11 is 0. The quantitative estimate of drug-likeness (QED) is 0.845. The standard InChI is InChI=1S/C22H25NO3/c24-21(23-13-11-22(12-14-23)25-15-16-26-22)17-20(18-7-3-1-4-8-18)19-9-5-2-6-10-19/h1-10,20H,11-17H2. The first-order valence-electron chi connectivity index (χ1n) is 9.41. The Labute approximate surface area is 154 Å². The average molecular weight is 351 g/mol. The number of likely N-dealkylation sites (tertiary alicyclic amines) is 1. The van der Waals surface area contributed by atoms with Crippen molar-refractivity contribution in [1.29, 1.82) is 0 Å². The molecule has 0 bridgehead atoms. The Morgan fingerprint density at radius 1 is 0.885 bits per heavy atom. The minimum Gasteiger partial charge on any atom is -0.347 e. The Kier molecular flexibility index (Phi) is 5.05. The maximum Gasteiger partial charge on any atom is 0.223 e. The van der Waals surface area contributed by atoms with Crippen LogP contribution in [0.3, 0.4) is 0 Å². The lowest BCUT2D eigenvalue weighted by Gasteiger charge is -2.38. The van der Waals surface area contributed by atoms with E-state index in [2.05, 4.69) is 24.3 Å². The molecule has 4 nitrogen and oxygen atoms in total. The predicted octanol–water partition coefficient (Wildman–Crippen LogP) is 3.57. The molecule has 2 aliphatic rings. The normalized spacial score (nSPS) is 19.2. The van der Waals surface area contributed by atoms with E-state index in [0.29, 0.717) is 32.7 Å². The molecular formula is C22H25NO3. The van der Waals surface area contributed by atoms with Gasteiger partial charge in [-0.15, -0.1) is 0 Å². The summed E-state index contributed by atoms with van der Waals surface area (Å²) in [4.78, 5) is 15.0. The molecule has 0 radical (unpaired) electrons. The number of benzene rings is 2. The van der Waals surface area contributed by atoms with E-state index in [9.17, 15) is 4.79 Å². The van der Waals surface area contributed by atoms with Gasteiger partial charge in [0, 0.05) is 38.3 Å². The predicted molar refractivity (Wildman–Crippen MR) is 99.8 cm³/mol. The van der Waals surface area contributed by atoms with Crippen LogP contribution in [0.15, 0.2) is 60.7 Å². The topological polar surface area (TPSA) is 38.8 Å². The molecule has 2 aliphatic heterocycles. The van der Waals surface area contributed by atoms with Crippen molar-refractivity contribution in [3.8, 4) is 0 Å². The first-order chi connectivity index (χ1) is 12.8. The van der Waals surface area contributed by atoms with E-state index in [4.69, 9.17) is 9.47 Å². The minimum absolute atomic E-state index is 0.0831. The number of ether oxygens (including phenoxy) is 2. The Hall–Kier alpha value is -2.17. The van der Waals surface area contributed by atoms with Crippen LogP contribution >= 0.6 is 0 Å². The van der Waals surface area contributed by atoms with E-state index in [1.807, 2.05) is 41.3 Å². The van der Waals surface area contributed by atoms with E-state index in [0.717, 1.165) is 12.8 Å². The number of carbonyl (C=O) groups excluding carboxylic acids is 1. The van der Waals surface area contributed by atoms with E-state index in [1.165, 1.54) is 11.1 Å². The number of piperidine rings is 1. The van der Waals surface area contributed by atoms with Crippen molar-refractivity contribution in [3.05, 3.63) is 71.8 Å². The molecule has 0 aliphatic carbocycles. The van der Waals surface area contributed by atoms with Gasteiger partial charge in [0.1, 0.15) is 0 Å². The van der Waals surface area contributed by atoms with Gasteiger partial charge in [0.2, 0.25) is 5.91 Å². The van der Waals surface area contributed by atoms with E-state index < -0.39 is 5.79 Å². The highest BCUT2D eigenvalue weighted by molar-refractivity contribution is 5.78. The van der Waals surface area contributed by atoms with Gasteiger partial charge in [0.05, 0.1) is 13.2 Å². The second kappa shape index (κ2) is 7.60. The molecule has 1 amide bonds. The zero-order valence-corrected chi connectivity index (χ0v) is 15.0. The lowest BCUT2D eigenvalue weighted by Crippen LogP contribution is -2.47. The summed E-state index contributed by atoms with van der Waals surface area (Å²) in [5, 5.41) is 0. The molecular weight excluding hydrogens is 326 g/mol. The van der Waals surface area contributed by atoms with Crippen LogP contribution < -0.4 is 0 Å². The number of nitrogens with zero attached hydrogens (tertiary/aromatic N) is 1. The van der Waals surface area contributed by atoms with Gasteiger partial charge in [-0.2, -0.15) is 0 Å². The first kappa shape index (κ1) is 17.3. The largest absolute Gasteiger partial charge is 0.347 e. The summed E-state index contributed by atoms with van der Waals surface area (Å²) in [6.07, 6.45) is 2.02. The van der Waals surface area contributed by atoms with Crippen LogP contribution in [-0.4, -0.2) is 42.9 Å². The second-order valence-corrected chi connectivity index (χ2v) is 7.07. The Morgan fingerprint density at radius 2 is 1.38 bits per heavy atom. The molecule has 0 N–H and O–H groups in total. The van der Waals surface area contributed by atoms with Crippen LogP contribution in [0.2, 0.25) is 0 Å². The third-order valence-electron chi connectivity index (χ3n) is 5.47. The SMILES string of the molecule is O=C(CC(c1ccccc1)c1ccccc1)N1CCC2(CC1)OCCO2. The molecule has 0 aromatic heterocycles. The molecule has 2 fully saturated rings. The van der Waals surface area contributed by atoms with Crippen molar-refractivity contribution >= 4 is 5.91 Å². The molecule has 2 aromatic rings. The van der Waals surface area contributed by atoms with Crippen LogP contribution in [0.5, 0.6) is 0 Å². The van der Waals surface area contributed by atoms with Crippen molar-refractivity contribution < 1.29 is 14.3 Å². The van der Waals surface area contributed by atoms with Crippen molar-refractivity contribution in [3.63, 3.8) is 0 Å². The number of carbonyl (C=O) groups is 1. The van der Waals surface area contributed by atoms with Crippen LogP contribution in [0, 0.1) is 0 Å². The summed E-state index contributed by atoms with van der Waals surface area (Å²) in [5.74, 6) is -0.148. The molecule has 1 spiro atoms. The van der Waals surface area contributed by atoms with Gasteiger partial charge in [0.25, 0.3) is 0 Å².